The van der Waals surface area contributed by atoms with Crippen LogP contribution < -0.4 is 9.47 Å². The second-order valence-corrected chi connectivity index (χ2v) is 10.6. The Morgan fingerprint density at radius 3 is 2.56 bits per heavy atom. The fourth-order valence-corrected chi connectivity index (χ4v) is 5.24. The summed E-state index contributed by atoms with van der Waals surface area (Å²) >= 11 is 0. The van der Waals surface area contributed by atoms with Gasteiger partial charge in [0.05, 0.1) is 6.61 Å². The molecule has 2 aromatic carbocycles. The minimum Gasteiger partial charge on any atom is -0.493 e. The molecule has 1 saturated heterocycles. The fraction of sp³-hybridized carbons (Fsp3) is 0.594. The predicted octanol–water partition coefficient (Wildman–Crippen LogP) is 7.60. The number of aryl methyl sites for hydroxylation is 2. The van der Waals surface area contributed by atoms with Gasteiger partial charge in [0.2, 0.25) is 0 Å². The lowest BCUT2D eigenvalue weighted by molar-refractivity contribution is -0.148. The van der Waals surface area contributed by atoms with Crippen molar-refractivity contribution in [1.82, 2.24) is 4.90 Å². The van der Waals surface area contributed by atoms with Gasteiger partial charge in [0.1, 0.15) is 17.6 Å². The van der Waals surface area contributed by atoms with Gasteiger partial charge in [0.15, 0.2) is 0 Å². The molecule has 7 heteroatoms. The average Bonchev–Trinajstić information content (AvgIpc) is 3.25. The zero-order valence-electron chi connectivity index (χ0n) is 23.6. The first-order valence-electron chi connectivity index (χ1n) is 14.6. The third kappa shape index (κ3) is 11.5. The van der Waals surface area contributed by atoms with E-state index in [1.54, 1.807) is 12.1 Å². The van der Waals surface area contributed by atoms with E-state index in [1.807, 2.05) is 30.3 Å². The average molecular weight is 546 g/mol. The van der Waals surface area contributed by atoms with Gasteiger partial charge < -0.3 is 14.2 Å². The van der Waals surface area contributed by atoms with Crippen LogP contribution in [0.15, 0.2) is 48.5 Å². The van der Waals surface area contributed by atoms with Crippen molar-refractivity contribution >= 4 is 5.97 Å². The Morgan fingerprint density at radius 2 is 1.77 bits per heavy atom. The number of para-hydroxylation sites is 1. The van der Waals surface area contributed by atoms with Gasteiger partial charge in [-0.05, 0) is 62.1 Å². The highest BCUT2D eigenvalue weighted by molar-refractivity contribution is 5.69. The Hall–Kier alpha value is -2.67. The molecule has 216 valence electrons. The Balaban J connectivity index is 1.37. The first-order chi connectivity index (χ1) is 18.9. The Kier molecular flexibility index (Phi) is 13.5. The van der Waals surface area contributed by atoms with Crippen molar-refractivity contribution in [2.75, 3.05) is 20.2 Å². The quantitative estimate of drug-likeness (QED) is 0.143. The molecule has 39 heavy (non-hydrogen) atoms. The molecule has 1 fully saturated rings. The first kappa shape index (κ1) is 30.9. The van der Waals surface area contributed by atoms with Crippen LogP contribution in [0.3, 0.4) is 0 Å². The summed E-state index contributed by atoms with van der Waals surface area (Å²) in [5.41, 5.74) is 2.01. The van der Waals surface area contributed by atoms with E-state index in [9.17, 15) is 13.6 Å². The van der Waals surface area contributed by atoms with Crippen LogP contribution >= 0.6 is 0 Å². The van der Waals surface area contributed by atoms with Crippen molar-refractivity contribution < 1.29 is 27.8 Å². The fourth-order valence-electron chi connectivity index (χ4n) is 5.24. The number of likely N-dealkylation sites (tertiary alicyclic amines) is 1. The molecule has 0 aromatic heterocycles. The highest BCUT2D eigenvalue weighted by Crippen LogP contribution is 2.25. The second-order valence-electron chi connectivity index (χ2n) is 10.6. The van der Waals surface area contributed by atoms with Crippen LogP contribution in [0.4, 0.5) is 8.78 Å². The van der Waals surface area contributed by atoms with Crippen LogP contribution in [0.1, 0.15) is 82.3 Å². The van der Waals surface area contributed by atoms with Gasteiger partial charge in [-0.2, -0.15) is 8.78 Å². The molecule has 5 nitrogen and oxygen atoms in total. The van der Waals surface area contributed by atoms with E-state index < -0.39 is 6.61 Å². The number of likely N-dealkylation sites (N-methyl/N-ethyl adjacent to an activating group) is 1. The molecule has 2 aromatic rings. The maximum atomic E-state index is 12.5. The van der Waals surface area contributed by atoms with Crippen molar-refractivity contribution in [3.63, 3.8) is 0 Å². The zero-order chi connectivity index (χ0) is 27.9. The largest absolute Gasteiger partial charge is 0.493 e. The molecule has 0 unspecified atom stereocenters. The van der Waals surface area contributed by atoms with Crippen LogP contribution in [0, 0.1) is 0 Å². The summed E-state index contributed by atoms with van der Waals surface area (Å²) < 4.78 is 41.5. The molecule has 0 aliphatic carbocycles. The molecule has 1 aliphatic heterocycles. The third-order valence-electron chi connectivity index (χ3n) is 7.42. The number of carbonyl (C=O) groups is 1. The number of hydrogen-bond donors (Lipinski definition) is 0. The number of nitrogens with zero attached hydrogens (tertiary/aromatic N) is 1. The van der Waals surface area contributed by atoms with Crippen LogP contribution in [0.5, 0.6) is 11.5 Å². The molecular weight excluding hydrogens is 500 g/mol. The van der Waals surface area contributed by atoms with Crippen LogP contribution in [-0.2, 0) is 22.4 Å². The molecule has 1 aliphatic rings. The van der Waals surface area contributed by atoms with Gasteiger partial charge in [-0.1, -0.05) is 75.8 Å². The monoisotopic (exact) mass is 545 g/mol. The molecule has 0 radical (unpaired) electrons. The number of unbranched alkanes of at least 4 members (excludes halogenated alkanes) is 6. The number of esters is 1. The number of hydrogen-bond acceptors (Lipinski definition) is 5. The van der Waals surface area contributed by atoms with E-state index in [-0.39, 0.29) is 17.8 Å². The number of halogens is 2. The van der Waals surface area contributed by atoms with Gasteiger partial charge in [-0.15, -0.1) is 0 Å². The molecule has 0 N–H and O–H groups in total. The number of benzene rings is 2. The number of rotatable bonds is 18. The standard InChI is InChI=1S/C32H45F2NO4/c1-3-4-5-6-7-8-9-17-31(36)38-29-23-27(35(2)24-29)20-21-37-30-16-11-10-14-26(30)19-18-25-13-12-15-28(22-25)39-32(33)34/h10-16,22,27,29,32H,3-9,17-21,23-24H2,1-2H3/t27-,29-/m1/s1. The van der Waals surface area contributed by atoms with E-state index in [2.05, 4.69) is 23.6 Å². The van der Waals surface area contributed by atoms with E-state index in [0.29, 0.717) is 25.5 Å². The molecule has 0 spiro atoms. The summed E-state index contributed by atoms with van der Waals surface area (Å²) in [6.07, 6.45) is 11.9. The summed E-state index contributed by atoms with van der Waals surface area (Å²) in [7, 11) is 2.08. The summed E-state index contributed by atoms with van der Waals surface area (Å²) in [4.78, 5) is 14.6. The third-order valence-corrected chi connectivity index (χ3v) is 7.42. The van der Waals surface area contributed by atoms with Gasteiger partial charge in [-0.3, -0.25) is 9.69 Å². The minimum atomic E-state index is -2.83. The Labute approximate surface area is 232 Å². The lowest BCUT2D eigenvalue weighted by Crippen LogP contribution is -2.27. The number of ether oxygens (including phenoxy) is 3. The van der Waals surface area contributed by atoms with Gasteiger partial charge in [-0.25, -0.2) is 0 Å². The summed E-state index contributed by atoms with van der Waals surface area (Å²) in [5.74, 6) is 0.949. The minimum absolute atomic E-state index is 0.0471. The first-order valence-corrected chi connectivity index (χ1v) is 14.6. The van der Waals surface area contributed by atoms with E-state index in [1.165, 1.54) is 38.2 Å². The molecule has 2 atom stereocenters. The Bertz CT molecular complexity index is 986. The van der Waals surface area contributed by atoms with Crippen molar-refractivity contribution in [2.24, 2.45) is 0 Å². The normalized spacial score (nSPS) is 17.5. The lowest BCUT2D eigenvalue weighted by atomic mass is 10.0. The van der Waals surface area contributed by atoms with Crippen LogP contribution in [0.2, 0.25) is 0 Å². The van der Waals surface area contributed by atoms with Crippen molar-refractivity contribution in [3.8, 4) is 11.5 Å². The van der Waals surface area contributed by atoms with Gasteiger partial charge in [0, 0.05) is 25.4 Å². The molecule has 0 saturated carbocycles. The summed E-state index contributed by atoms with van der Waals surface area (Å²) in [6, 6.07) is 15.1. The van der Waals surface area contributed by atoms with Crippen LogP contribution in [-0.4, -0.2) is 49.8 Å². The smallest absolute Gasteiger partial charge is 0.387 e. The Morgan fingerprint density at radius 1 is 1.00 bits per heavy atom. The molecule has 3 rings (SSSR count). The highest BCUT2D eigenvalue weighted by atomic mass is 19.3. The van der Waals surface area contributed by atoms with Crippen LogP contribution in [0.25, 0.3) is 0 Å². The summed E-state index contributed by atoms with van der Waals surface area (Å²) in [6.45, 7) is 0.726. The highest BCUT2D eigenvalue weighted by Gasteiger charge is 2.31. The molecule has 1 heterocycles. The molecule has 0 bridgehead atoms. The van der Waals surface area contributed by atoms with Crippen molar-refractivity contribution in [3.05, 3.63) is 59.7 Å². The van der Waals surface area contributed by atoms with E-state index >= 15 is 0 Å². The maximum absolute atomic E-state index is 12.5. The maximum Gasteiger partial charge on any atom is 0.387 e. The van der Waals surface area contributed by atoms with Crippen molar-refractivity contribution in [1.29, 1.82) is 0 Å². The van der Waals surface area contributed by atoms with E-state index in [4.69, 9.17) is 9.47 Å². The zero-order valence-corrected chi connectivity index (χ0v) is 23.6. The second kappa shape index (κ2) is 17.1. The topological polar surface area (TPSA) is 48.0 Å². The van der Waals surface area contributed by atoms with Crippen molar-refractivity contribution in [2.45, 2.75) is 103 Å². The van der Waals surface area contributed by atoms with Gasteiger partial charge in [0.25, 0.3) is 0 Å². The number of alkyl halides is 2. The van der Waals surface area contributed by atoms with Gasteiger partial charge >= 0.3 is 12.6 Å². The SMILES string of the molecule is CCCCCCCCCC(=O)O[C@@H]1C[C@@H](CCOc2ccccc2CCc2cccc(OC(F)F)c2)N(C)C1. The predicted molar refractivity (Wildman–Crippen MR) is 151 cm³/mol. The summed E-state index contributed by atoms with van der Waals surface area (Å²) in [5, 5.41) is 0. The molecular formula is C32H45F2NO4. The lowest BCUT2D eigenvalue weighted by Gasteiger charge is -2.19. The number of carbonyl (C=O) groups excluding carboxylic acids is 1. The molecule has 0 amide bonds. The van der Waals surface area contributed by atoms with E-state index in [0.717, 1.165) is 55.5 Å².